The third-order valence-corrected chi connectivity index (χ3v) is 5.15. The Kier molecular flexibility index (Phi) is 3.81. The lowest BCUT2D eigenvalue weighted by Gasteiger charge is -2.16. The van der Waals surface area contributed by atoms with Crippen molar-refractivity contribution in [2.45, 2.75) is 18.2 Å². The fourth-order valence-corrected chi connectivity index (χ4v) is 3.77. The van der Waals surface area contributed by atoms with Crippen LogP contribution < -0.4 is 9.62 Å². The Hall–Kier alpha value is -2.41. The Labute approximate surface area is 133 Å². The lowest BCUT2D eigenvalue weighted by atomic mass is 10.1. The molecule has 1 N–H and O–H groups in total. The molecule has 0 aliphatic carbocycles. The minimum absolute atomic E-state index is 0.0992. The van der Waals surface area contributed by atoms with Gasteiger partial charge in [0.2, 0.25) is 5.91 Å². The van der Waals surface area contributed by atoms with Crippen molar-refractivity contribution in [2.75, 3.05) is 16.2 Å². The van der Waals surface area contributed by atoms with Crippen LogP contribution in [0.1, 0.15) is 12.5 Å². The van der Waals surface area contributed by atoms with Crippen molar-refractivity contribution in [3.05, 3.63) is 53.8 Å². The number of sulfonamides is 1. The summed E-state index contributed by atoms with van der Waals surface area (Å²) in [6, 6.07) is 10.2. The monoisotopic (exact) mass is 334 g/mol. The van der Waals surface area contributed by atoms with Crippen LogP contribution in [0.15, 0.2) is 47.4 Å². The molecule has 0 saturated heterocycles. The van der Waals surface area contributed by atoms with E-state index in [4.69, 9.17) is 0 Å². The van der Waals surface area contributed by atoms with Crippen LogP contribution in [0, 0.1) is 5.82 Å². The summed E-state index contributed by atoms with van der Waals surface area (Å²) < 4.78 is 40.7. The van der Waals surface area contributed by atoms with Crippen LogP contribution in [0.25, 0.3) is 0 Å². The van der Waals surface area contributed by atoms with Crippen molar-refractivity contribution in [1.82, 2.24) is 0 Å². The first-order valence-corrected chi connectivity index (χ1v) is 8.55. The summed E-state index contributed by atoms with van der Waals surface area (Å²) in [6.45, 7) is 2.04. The van der Waals surface area contributed by atoms with Crippen LogP contribution in [0.3, 0.4) is 0 Å². The molecule has 0 unspecified atom stereocenters. The number of nitrogens with zero attached hydrogens (tertiary/aromatic N) is 1. The van der Waals surface area contributed by atoms with Gasteiger partial charge in [0, 0.05) is 19.2 Å². The second-order valence-electron chi connectivity index (χ2n) is 5.30. The molecule has 2 aromatic rings. The molecular weight excluding hydrogens is 319 g/mol. The number of hydrogen-bond donors (Lipinski definition) is 1. The maximum absolute atomic E-state index is 13.7. The van der Waals surface area contributed by atoms with Gasteiger partial charge in [-0.25, -0.2) is 12.8 Å². The number of anilines is 2. The van der Waals surface area contributed by atoms with Gasteiger partial charge in [-0.05, 0) is 36.2 Å². The number of halogens is 1. The number of fused-ring (bicyclic) bond motifs is 1. The Bertz CT molecular complexity index is 881. The summed E-state index contributed by atoms with van der Waals surface area (Å²) in [6.07, 6.45) is 0.731. The summed E-state index contributed by atoms with van der Waals surface area (Å²) in [5.41, 5.74) is 1.96. The van der Waals surface area contributed by atoms with E-state index in [1.165, 1.54) is 25.1 Å². The SMILES string of the molecule is CC(=O)N1CCc2ccc(NS(=O)(=O)c3ccccc3F)cc21. The first kappa shape index (κ1) is 15.5. The van der Waals surface area contributed by atoms with E-state index >= 15 is 0 Å². The summed E-state index contributed by atoms with van der Waals surface area (Å²) in [7, 11) is -4.03. The second kappa shape index (κ2) is 5.66. The third-order valence-electron chi connectivity index (χ3n) is 3.74. The Balaban J connectivity index is 1.94. The molecule has 0 saturated carbocycles. The van der Waals surface area contributed by atoms with Gasteiger partial charge >= 0.3 is 0 Å². The van der Waals surface area contributed by atoms with E-state index in [2.05, 4.69) is 4.72 Å². The normalized spacial score (nSPS) is 13.7. The minimum atomic E-state index is -4.03. The van der Waals surface area contributed by atoms with Crippen molar-refractivity contribution in [1.29, 1.82) is 0 Å². The van der Waals surface area contributed by atoms with Crippen LogP contribution in [0.5, 0.6) is 0 Å². The molecule has 1 amide bonds. The largest absolute Gasteiger partial charge is 0.312 e. The van der Waals surface area contributed by atoms with E-state index in [-0.39, 0.29) is 5.91 Å². The molecule has 120 valence electrons. The van der Waals surface area contributed by atoms with E-state index in [1.807, 2.05) is 0 Å². The summed E-state index contributed by atoms with van der Waals surface area (Å²) >= 11 is 0. The molecule has 3 rings (SSSR count). The van der Waals surface area contributed by atoms with Gasteiger partial charge in [0.05, 0.1) is 5.69 Å². The highest BCUT2D eigenvalue weighted by molar-refractivity contribution is 7.92. The molecule has 1 aliphatic heterocycles. The van der Waals surface area contributed by atoms with Crippen LogP contribution in [0.4, 0.5) is 15.8 Å². The maximum Gasteiger partial charge on any atom is 0.264 e. The number of hydrogen-bond acceptors (Lipinski definition) is 3. The molecule has 0 fully saturated rings. The molecule has 0 spiro atoms. The Morgan fingerprint density at radius 2 is 1.96 bits per heavy atom. The van der Waals surface area contributed by atoms with Gasteiger partial charge in [-0.1, -0.05) is 18.2 Å². The fraction of sp³-hybridized carbons (Fsp3) is 0.188. The van der Waals surface area contributed by atoms with Crippen LogP contribution in [0.2, 0.25) is 0 Å². The molecule has 1 heterocycles. The lowest BCUT2D eigenvalue weighted by Crippen LogP contribution is -2.25. The van der Waals surface area contributed by atoms with Gasteiger partial charge in [0.25, 0.3) is 10.0 Å². The number of rotatable bonds is 3. The average Bonchev–Trinajstić information content (AvgIpc) is 2.90. The zero-order chi connectivity index (χ0) is 16.6. The first-order chi connectivity index (χ1) is 10.9. The van der Waals surface area contributed by atoms with E-state index < -0.39 is 20.7 Å². The van der Waals surface area contributed by atoms with E-state index in [0.717, 1.165) is 18.1 Å². The summed E-state index contributed by atoms with van der Waals surface area (Å²) in [5, 5.41) is 0. The van der Waals surface area contributed by atoms with Gasteiger partial charge < -0.3 is 4.90 Å². The van der Waals surface area contributed by atoms with Gasteiger partial charge in [0.15, 0.2) is 0 Å². The molecule has 0 atom stereocenters. The van der Waals surface area contributed by atoms with Gasteiger partial charge in [-0.2, -0.15) is 0 Å². The zero-order valence-electron chi connectivity index (χ0n) is 12.4. The average molecular weight is 334 g/mol. The van der Waals surface area contributed by atoms with Crippen molar-refractivity contribution < 1.29 is 17.6 Å². The van der Waals surface area contributed by atoms with Crippen molar-refractivity contribution >= 4 is 27.3 Å². The predicted octanol–water partition coefficient (Wildman–Crippen LogP) is 2.54. The number of benzene rings is 2. The summed E-state index contributed by atoms with van der Waals surface area (Å²) in [4.78, 5) is 12.8. The smallest absolute Gasteiger partial charge is 0.264 e. The molecular formula is C16H15FN2O3S. The second-order valence-corrected chi connectivity index (χ2v) is 6.95. The van der Waals surface area contributed by atoms with Gasteiger partial charge in [-0.15, -0.1) is 0 Å². The van der Waals surface area contributed by atoms with Crippen molar-refractivity contribution in [3.63, 3.8) is 0 Å². The van der Waals surface area contributed by atoms with Crippen LogP contribution >= 0.6 is 0 Å². The van der Waals surface area contributed by atoms with E-state index in [9.17, 15) is 17.6 Å². The zero-order valence-corrected chi connectivity index (χ0v) is 13.2. The minimum Gasteiger partial charge on any atom is -0.312 e. The molecule has 0 bridgehead atoms. The Morgan fingerprint density at radius 1 is 1.22 bits per heavy atom. The van der Waals surface area contributed by atoms with E-state index in [0.29, 0.717) is 17.9 Å². The van der Waals surface area contributed by atoms with Crippen LogP contribution in [-0.4, -0.2) is 20.9 Å². The van der Waals surface area contributed by atoms with Gasteiger partial charge in [-0.3, -0.25) is 9.52 Å². The lowest BCUT2D eigenvalue weighted by molar-refractivity contribution is -0.116. The maximum atomic E-state index is 13.7. The topological polar surface area (TPSA) is 66.5 Å². The molecule has 23 heavy (non-hydrogen) atoms. The number of nitrogens with one attached hydrogen (secondary N) is 1. The molecule has 7 heteroatoms. The number of carbonyl (C=O) groups excluding carboxylic acids is 1. The molecule has 2 aromatic carbocycles. The first-order valence-electron chi connectivity index (χ1n) is 7.07. The Morgan fingerprint density at radius 3 is 2.65 bits per heavy atom. The highest BCUT2D eigenvalue weighted by atomic mass is 32.2. The molecule has 1 aliphatic rings. The standard InChI is InChI=1S/C16H15FN2O3S/c1-11(20)19-9-8-12-6-7-13(10-15(12)19)18-23(21,22)16-5-3-2-4-14(16)17/h2-7,10,18H,8-9H2,1H3. The summed E-state index contributed by atoms with van der Waals surface area (Å²) in [5.74, 6) is -0.913. The highest BCUT2D eigenvalue weighted by Crippen LogP contribution is 2.31. The van der Waals surface area contributed by atoms with Crippen molar-refractivity contribution in [2.24, 2.45) is 0 Å². The third kappa shape index (κ3) is 2.92. The highest BCUT2D eigenvalue weighted by Gasteiger charge is 2.24. The predicted molar refractivity (Wildman–Crippen MR) is 85.4 cm³/mol. The molecule has 5 nitrogen and oxygen atoms in total. The van der Waals surface area contributed by atoms with E-state index in [1.54, 1.807) is 23.1 Å². The quantitative estimate of drug-likeness (QED) is 0.938. The number of carbonyl (C=O) groups is 1. The van der Waals surface area contributed by atoms with Crippen LogP contribution in [-0.2, 0) is 21.2 Å². The number of amides is 1. The van der Waals surface area contributed by atoms with Gasteiger partial charge in [0.1, 0.15) is 10.7 Å². The molecule has 0 radical (unpaired) electrons. The molecule has 0 aromatic heterocycles. The fourth-order valence-electron chi connectivity index (χ4n) is 2.64. The van der Waals surface area contributed by atoms with Crippen molar-refractivity contribution in [3.8, 4) is 0 Å².